The zero-order chi connectivity index (χ0) is 13.9. The summed E-state index contributed by atoms with van der Waals surface area (Å²) in [6, 6.07) is 9.66. The first-order valence-corrected chi connectivity index (χ1v) is 7.33. The summed E-state index contributed by atoms with van der Waals surface area (Å²) >= 11 is 6.18. The molecular formula is C16H17ClN2O. The van der Waals surface area contributed by atoms with Crippen LogP contribution in [0.3, 0.4) is 0 Å². The minimum atomic E-state index is 0.503. The Morgan fingerprint density at radius 1 is 1.15 bits per heavy atom. The van der Waals surface area contributed by atoms with Gasteiger partial charge in [0.15, 0.2) is 5.82 Å². The molecule has 104 valence electrons. The van der Waals surface area contributed by atoms with Gasteiger partial charge in [0, 0.05) is 11.6 Å². The van der Waals surface area contributed by atoms with Crippen LogP contribution >= 0.6 is 11.6 Å². The Morgan fingerprint density at radius 2 is 1.90 bits per heavy atom. The lowest BCUT2D eigenvalue weighted by Gasteiger charge is -2.12. The van der Waals surface area contributed by atoms with Gasteiger partial charge in [0.1, 0.15) is 10.9 Å². The van der Waals surface area contributed by atoms with Crippen molar-refractivity contribution < 1.29 is 4.74 Å². The number of methoxy groups -OCH3 is 1. The smallest absolute Gasteiger partial charge is 0.164 e. The average Bonchev–Trinajstić information content (AvgIpc) is 3.01. The zero-order valence-electron chi connectivity index (χ0n) is 11.5. The van der Waals surface area contributed by atoms with Crippen molar-refractivity contribution in [2.24, 2.45) is 0 Å². The Labute approximate surface area is 124 Å². The minimum Gasteiger partial charge on any atom is -0.496 e. The molecule has 3 nitrogen and oxygen atoms in total. The summed E-state index contributed by atoms with van der Waals surface area (Å²) in [7, 11) is 1.65. The SMILES string of the molecule is COc1ccccc1-c1nc(Cl)cc(C2CCCC2)n1. The molecule has 1 aromatic heterocycles. The number of nitrogens with zero attached hydrogens (tertiary/aromatic N) is 2. The predicted molar refractivity (Wildman–Crippen MR) is 80.2 cm³/mol. The lowest BCUT2D eigenvalue weighted by atomic mass is 10.0. The van der Waals surface area contributed by atoms with Gasteiger partial charge in [-0.05, 0) is 31.0 Å². The molecule has 0 saturated heterocycles. The van der Waals surface area contributed by atoms with E-state index in [4.69, 9.17) is 21.3 Å². The molecule has 20 heavy (non-hydrogen) atoms. The molecule has 1 heterocycles. The van der Waals surface area contributed by atoms with Crippen LogP contribution in [0.1, 0.15) is 37.3 Å². The highest BCUT2D eigenvalue weighted by atomic mass is 35.5. The summed E-state index contributed by atoms with van der Waals surface area (Å²) in [4.78, 5) is 9.08. The van der Waals surface area contributed by atoms with Crippen LogP contribution in [0.5, 0.6) is 5.75 Å². The van der Waals surface area contributed by atoms with E-state index in [-0.39, 0.29) is 0 Å². The molecule has 0 radical (unpaired) electrons. The van der Waals surface area contributed by atoms with Crippen LogP contribution in [0.25, 0.3) is 11.4 Å². The maximum absolute atomic E-state index is 6.18. The summed E-state index contributed by atoms with van der Waals surface area (Å²) in [6.07, 6.45) is 4.93. The third-order valence-corrected chi connectivity index (χ3v) is 4.03. The standard InChI is InChI=1S/C16H17ClN2O/c1-20-14-9-5-4-8-12(14)16-18-13(10-15(17)19-16)11-6-2-3-7-11/h4-5,8-11H,2-3,6-7H2,1H3. The van der Waals surface area contributed by atoms with E-state index in [2.05, 4.69) is 4.98 Å². The van der Waals surface area contributed by atoms with Gasteiger partial charge < -0.3 is 4.74 Å². The fourth-order valence-corrected chi connectivity index (χ4v) is 3.01. The van der Waals surface area contributed by atoms with Crippen molar-refractivity contribution in [3.8, 4) is 17.1 Å². The number of halogens is 1. The minimum absolute atomic E-state index is 0.503. The molecule has 0 bridgehead atoms. The summed E-state index contributed by atoms with van der Waals surface area (Å²) in [5.74, 6) is 1.94. The molecular weight excluding hydrogens is 272 g/mol. The maximum Gasteiger partial charge on any atom is 0.164 e. The summed E-state index contributed by atoms with van der Waals surface area (Å²) in [5.41, 5.74) is 1.94. The number of rotatable bonds is 3. The van der Waals surface area contributed by atoms with Gasteiger partial charge in [-0.3, -0.25) is 0 Å². The Morgan fingerprint density at radius 3 is 2.65 bits per heavy atom. The van der Waals surface area contributed by atoms with Gasteiger partial charge in [0.25, 0.3) is 0 Å². The van der Waals surface area contributed by atoms with Crippen molar-refractivity contribution in [3.63, 3.8) is 0 Å². The van der Waals surface area contributed by atoms with Gasteiger partial charge in [-0.15, -0.1) is 0 Å². The van der Waals surface area contributed by atoms with Crippen molar-refractivity contribution >= 4 is 11.6 Å². The molecule has 0 N–H and O–H groups in total. The normalized spacial score (nSPS) is 15.5. The highest BCUT2D eigenvalue weighted by Crippen LogP contribution is 2.35. The number of hydrogen-bond acceptors (Lipinski definition) is 3. The van der Waals surface area contributed by atoms with Crippen molar-refractivity contribution in [1.29, 1.82) is 0 Å². The molecule has 4 heteroatoms. The van der Waals surface area contributed by atoms with Gasteiger partial charge in [0.05, 0.1) is 12.7 Å². The molecule has 1 saturated carbocycles. The third-order valence-electron chi connectivity index (χ3n) is 3.84. The Hall–Kier alpha value is -1.61. The topological polar surface area (TPSA) is 35.0 Å². The van der Waals surface area contributed by atoms with Gasteiger partial charge >= 0.3 is 0 Å². The van der Waals surface area contributed by atoms with E-state index in [9.17, 15) is 0 Å². The van der Waals surface area contributed by atoms with Crippen LogP contribution in [-0.2, 0) is 0 Å². The second kappa shape index (κ2) is 5.80. The van der Waals surface area contributed by atoms with E-state index < -0.39 is 0 Å². The summed E-state index contributed by atoms with van der Waals surface area (Å²) in [5, 5.41) is 0.503. The number of aromatic nitrogens is 2. The van der Waals surface area contributed by atoms with Crippen LogP contribution in [0.2, 0.25) is 5.15 Å². The molecule has 0 unspecified atom stereocenters. The molecule has 3 rings (SSSR count). The second-order valence-corrected chi connectivity index (χ2v) is 5.51. The first-order chi connectivity index (χ1) is 9.78. The number of hydrogen-bond donors (Lipinski definition) is 0. The third kappa shape index (κ3) is 2.63. The van der Waals surface area contributed by atoms with Gasteiger partial charge in [0.2, 0.25) is 0 Å². The largest absolute Gasteiger partial charge is 0.496 e. The molecule has 2 aromatic rings. The molecule has 0 amide bonds. The first-order valence-electron chi connectivity index (χ1n) is 6.96. The first kappa shape index (κ1) is 13.4. The summed E-state index contributed by atoms with van der Waals surface area (Å²) < 4.78 is 5.38. The monoisotopic (exact) mass is 288 g/mol. The Balaban J connectivity index is 2.04. The van der Waals surface area contributed by atoms with Crippen LogP contribution in [0, 0.1) is 0 Å². The van der Waals surface area contributed by atoms with Gasteiger partial charge in [-0.25, -0.2) is 9.97 Å². The van der Waals surface area contributed by atoms with E-state index in [1.165, 1.54) is 25.7 Å². The number of ether oxygens (including phenoxy) is 1. The van der Waals surface area contributed by atoms with Crippen molar-refractivity contribution in [2.45, 2.75) is 31.6 Å². The summed E-state index contributed by atoms with van der Waals surface area (Å²) in [6.45, 7) is 0. The van der Waals surface area contributed by atoms with Crippen molar-refractivity contribution in [3.05, 3.63) is 41.2 Å². The molecule has 1 aliphatic carbocycles. The van der Waals surface area contributed by atoms with Crippen molar-refractivity contribution in [1.82, 2.24) is 9.97 Å². The van der Waals surface area contributed by atoms with E-state index in [1.807, 2.05) is 30.3 Å². The van der Waals surface area contributed by atoms with E-state index >= 15 is 0 Å². The lowest BCUT2D eigenvalue weighted by Crippen LogP contribution is -2.01. The molecule has 1 aliphatic rings. The highest BCUT2D eigenvalue weighted by Gasteiger charge is 2.20. The lowest BCUT2D eigenvalue weighted by molar-refractivity contribution is 0.416. The molecule has 1 aromatic carbocycles. The molecule has 1 fully saturated rings. The van der Waals surface area contributed by atoms with Crippen LogP contribution in [0.15, 0.2) is 30.3 Å². The predicted octanol–water partition coefficient (Wildman–Crippen LogP) is 4.46. The number of para-hydroxylation sites is 1. The van der Waals surface area contributed by atoms with E-state index in [0.717, 1.165) is 17.0 Å². The quantitative estimate of drug-likeness (QED) is 0.782. The molecule has 0 aliphatic heterocycles. The average molecular weight is 289 g/mol. The van der Waals surface area contributed by atoms with Gasteiger partial charge in [-0.2, -0.15) is 0 Å². The van der Waals surface area contributed by atoms with Crippen molar-refractivity contribution in [2.75, 3.05) is 7.11 Å². The maximum atomic E-state index is 6.18. The van der Waals surface area contributed by atoms with Crippen LogP contribution in [-0.4, -0.2) is 17.1 Å². The van der Waals surface area contributed by atoms with Crippen LogP contribution < -0.4 is 4.74 Å². The highest BCUT2D eigenvalue weighted by molar-refractivity contribution is 6.29. The number of benzene rings is 1. The molecule has 0 atom stereocenters. The Kier molecular flexibility index (Phi) is 3.88. The Bertz CT molecular complexity index is 609. The van der Waals surface area contributed by atoms with E-state index in [0.29, 0.717) is 16.9 Å². The fourth-order valence-electron chi connectivity index (χ4n) is 2.82. The van der Waals surface area contributed by atoms with Crippen LogP contribution in [0.4, 0.5) is 0 Å². The zero-order valence-corrected chi connectivity index (χ0v) is 12.2. The second-order valence-electron chi connectivity index (χ2n) is 5.12. The van der Waals surface area contributed by atoms with Gasteiger partial charge in [-0.1, -0.05) is 36.6 Å². The fraction of sp³-hybridized carbons (Fsp3) is 0.375. The van der Waals surface area contributed by atoms with E-state index in [1.54, 1.807) is 7.11 Å². The molecule has 0 spiro atoms.